The number of hydrogen-bond donors (Lipinski definition) is 1. The van der Waals surface area contributed by atoms with E-state index < -0.39 is 54.9 Å². The third-order valence-electron chi connectivity index (χ3n) is 8.30. The minimum absolute atomic E-state index is 0.0931. The summed E-state index contributed by atoms with van der Waals surface area (Å²) in [5.74, 6) is 0.776. The van der Waals surface area contributed by atoms with E-state index in [1.54, 1.807) is 36.4 Å². The number of aliphatic hydroxyl groups excluding tert-OH is 1. The van der Waals surface area contributed by atoms with Crippen molar-refractivity contribution in [2.75, 3.05) is 5.75 Å². The first kappa shape index (κ1) is 19.9. The van der Waals surface area contributed by atoms with Crippen LogP contribution in [-0.2, 0) is 25.4 Å². The average molecular weight is 437 g/mol. The van der Waals surface area contributed by atoms with E-state index in [9.17, 15) is 17.7 Å². The second-order valence-corrected chi connectivity index (χ2v) is 13.3. The van der Waals surface area contributed by atoms with Crippen LogP contribution in [0.4, 0.5) is 0 Å². The Labute approximate surface area is 174 Å². The Morgan fingerprint density at radius 2 is 1.86 bits per heavy atom. The van der Waals surface area contributed by atoms with Gasteiger partial charge in [-0.3, -0.25) is 4.21 Å². The summed E-state index contributed by atoms with van der Waals surface area (Å²) in [6.07, 6.45) is 4.82. The molecule has 0 radical (unpaired) electrons. The molecule has 1 N–H and O–H groups in total. The normalized spacial score (nSPS) is 43.1. The Balaban J connectivity index is 1.49. The van der Waals surface area contributed by atoms with Gasteiger partial charge in [0.2, 0.25) is 0 Å². The monoisotopic (exact) mass is 436 g/mol. The molecular weight excluding hydrogens is 408 g/mol. The van der Waals surface area contributed by atoms with Gasteiger partial charge in [0.15, 0.2) is 9.84 Å². The van der Waals surface area contributed by atoms with Crippen LogP contribution in [0.15, 0.2) is 47.4 Å². The highest BCUT2D eigenvalue weighted by atomic mass is 32.2. The van der Waals surface area contributed by atoms with Crippen molar-refractivity contribution in [3.05, 3.63) is 42.5 Å². The predicted octanol–water partition coefficient (Wildman–Crippen LogP) is 2.47. The number of aliphatic hydroxyl groups is 1. The standard InChI is InChI=1S/C22H28O5S2/c1-21(2)14-10-11-22(21,18(23)12-14)13-28(24)19-16-8-9-17(27-16)20(19)29(25,26)15-6-4-3-5-7-15/h3-9,14,16-20,23H,10-13H2,1-2H3/t14-,16+,17-,18-,19-,20+,22-,28?/m1/s1. The van der Waals surface area contributed by atoms with Crippen molar-refractivity contribution in [3.8, 4) is 0 Å². The highest BCUT2D eigenvalue weighted by Crippen LogP contribution is 2.66. The highest BCUT2D eigenvalue weighted by molar-refractivity contribution is 7.94. The molecule has 5 nitrogen and oxygen atoms in total. The van der Waals surface area contributed by atoms with Crippen LogP contribution in [0.2, 0.25) is 0 Å². The molecular formula is C22H28O5S2. The van der Waals surface area contributed by atoms with Gasteiger partial charge in [-0.05, 0) is 42.7 Å². The topological polar surface area (TPSA) is 80.7 Å². The molecule has 2 aliphatic carbocycles. The van der Waals surface area contributed by atoms with Gasteiger partial charge < -0.3 is 9.84 Å². The molecule has 2 heterocycles. The van der Waals surface area contributed by atoms with Gasteiger partial charge in [-0.2, -0.15) is 0 Å². The zero-order valence-corrected chi connectivity index (χ0v) is 18.4. The highest BCUT2D eigenvalue weighted by Gasteiger charge is 2.65. The Kier molecular flexibility index (Phi) is 4.46. The van der Waals surface area contributed by atoms with Gasteiger partial charge in [0.1, 0.15) is 5.25 Å². The number of sulfone groups is 1. The van der Waals surface area contributed by atoms with Crippen molar-refractivity contribution in [2.24, 2.45) is 16.7 Å². The molecule has 1 saturated heterocycles. The third-order valence-corrected chi connectivity index (χ3v) is 12.6. The van der Waals surface area contributed by atoms with Crippen molar-refractivity contribution in [1.82, 2.24) is 0 Å². The quantitative estimate of drug-likeness (QED) is 0.717. The molecule has 29 heavy (non-hydrogen) atoms. The molecule has 0 aromatic heterocycles. The minimum atomic E-state index is -3.69. The van der Waals surface area contributed by atoms with Crippen LogP contribution in [-0.4, -0.2) is 52.3 Å². The van der Waals surface area contributed by atoms with E-state index in [1.165, 1.54) is 0 Å². The summed E-state index contributed by atoms with van der Waals surface area (Å²) < 4.78 is 46.5. The molecule has 1 aromatic carbocycles. The van der Waals surface area contributed by atoms with Crippen LogP contribution in [0, 0.1) is 16.7 Å². The molecule has 4 bridgehead atoms. The van der Waals surface area contributed by atoms with E-state index in [4.69, 9.17) is 4.74 Å². The van der Waals surface area contributed by atoms with E-state index in [-0.39, 0.29) is 10.3 Å². The molecule has 0 amide bonds. The third kappa shape index (κ3) is 2.63. The van der Waals surface area contributed by atoms with Gasteiger partial charge >= 0.3 is 0 Å². The summed E-state index contributed by atoms with van der Waals surface area (Å²) in [4.78, 5) is 0.247. The fourth-order valence-corrected chi connectivity index (χ4v) is 11.4. The lowest BCUT2D eigenvalue weighted by Gasteiger charge is -2.41. The Morgan fingerprint density at radius 3 is 2.48 bits per heavy atom. The largest absolute Gasteiger partial charge is 0.392 e. The number of ether oxygens (including phenoxy) is 1. The molecule has 1 aromatic rings. The molecule has 4 aliphatic rings. The van der Waals surface area contributed by atoms with Gasteiger partial charge in [-0.1, -0.05) is 44.2 Å². The zero-order chi connectivity index (χ0) is 20.6. The van der Waals surface area contributed by atoms with E-state index in [0.29, 0.717) is 11.7 Å². The first-order valence-corrected chi connectivity index (χ1v) is 13.3. The van der Waals surface area contributed by atoms with Crippen LogP contribution >= 0.6 is 0 Å². The lowest BCUT2D eigenvalue weighted by atomic mass is 9.70. The molecule has 2 aliphatic heterocycles. The second kappa shape index (κ2) is 6.49. The molecule has 8 atom stereocenters. The summed E-state index contributed by atoms with van der Waals surface area (Å²) in [7, 11) is -5.12. The Morgan fingerprint density at radius 1 is 1.17 bits per heavy atom. The number of hydrogen-bond acceptors (Lipinski definition) is 5. The number of rotatable bonds is 5. The van der Waals surface area contributed by atoms with E-state index in [0.717, 1.165) is 19.3 Å². The predicted molar refractivity (Wildman–Crippen MR) is 112 cm³/mol. The summed E-state index contributed by atoms with van der Waals surface area (Å²) >= 11 is 0. The molecule has 3 fully saturated rings. The van der Waals surface area contributed by atoms with Crippen molar-refractivity contribution < 1.29 is 22.5 Å². The molecule has 5 rings (SSSR count). The summed E-state index contributed by atoms with van der Waals surface area (Å²) in [5.41, 5.74) is -0.501. The second-order valence-electron chi connectivity index (χ2n) is 9.63. The summed E-state index contributed by atoms with van der Waals surface area (Å²) in [5, 5.41) is 9.38. The zero-order valence-electron chi connectivity index (χ0n) is 16.7. The molecule has 1 unspecified atom stereocenters. The fourth-order valence-electron chi connectivity index (χ4n) is 6.39. The van der Waals surface area contributed by atoms with Crippen LogP contribution in [0.3, 0.4) is 0 Å². The van der Waals surface area contributed by atoms with Gasteiger partial charge in [0.05, 0.1) is 28.5 Å². The van der Waals surface area contributed by atoms with Gasteiger partial charge in [-0.25, -0.2) is 8.42 Å². The van der Waals surface area contributed by atoms with Crippen LogP contribution in [0.25, 0.3) is 0 Å². The maximum absolute atomic E-state index is 13.7. The lowest BCUT2D eigenvalue weighted by molar-refractivity contribution is 0.0159. The van der Waals surface area contributed by atoms with Crippen molar-refractivity contribution in [1.29, 1.82) is 0 Å². The average Bonchev–Trinajstić information content (AvgIpc) is 3.40. The summed E-state index contributed by atoms with van der Waals surface area (Å²) in [6, 6.07) is 8.38. The fraction of sp³-hybridized carbons (Fsp3) is 0.636. The van der Waals surface area contributed by atoms with Gasteiger partial charge in [-0.15, -0.1) is 0 Å². The van der Waals surface area contributed by atoms with Gasteiger partial charge in [0, 0.05) is 22.0 Å². The van der Waals surface area contributed by atoms with Crippen LogP contribution < -0.4 is 0 Å². The maximum atomic E-state index is 13.7. The van der Waals surface area contributed by atoms with Crippen molar-refractivity contribution >= 4 is 20.6 Å². The maximum Gasteiger partial charge on any atom is 0.185 e. The minimum Gasteiger partial charge on any atom is -0.392 e. The van der Waals surface area contributed by atoms with Gasteiger partial charge in [0.25, 0.3) is 0 Å². The molecule has 158 valence electrons. The molecule has 7 heteroatoms. The smallest absolute Gasteiger partial charge is 0.185 e. The Hall–Kier alpha value is -1.02. The van der Waals surface area contributed by atoms with Crippen LogP contribution in [0.1, 0.15) is 33.1 Å². The SMILES string of the molecule is CC1(C)[C@@H]2CC[C@@]1(CS(=O)[C@H]1[C@@H](S(=O)(=O)c3ccccc3)[C@H]3C=C[C@@H]1O3)[C@H](O)C2. The van der Waals surface area contributed by atoms with Crippen molar-refractivity contribution in [2.45, 2.75) is 66.8 Å². The Bertz CT molecular complexity index is 970. The first-order valence-electron chi connectivity index (χ1n) is 10.4. The first-order chi connectivity index (χ1) is 13.7. The lowest BCUT2D eigenvalue weighted by Crippen LogP contribution is -2.49. The summed E-state index contributed by atoms with van der Waals surface area (Å²) in [6.45, 7) is 4.35. The van der Waals surface area contributed by atoms with E-state index in [1.807, 2.05) is 6.08 Å². The number of benzene rings is 1. The van der Waals surface area contributed by atoms with Crippen molar-refractivity contribution in [3.63, 3.8) is 0 Å². The van der Waals surface area contributed by atoms with E-state index in [2.05, 4.69) is 13.8 Å². The van der Waals surface area contributed by atoms with E-state index >= 15 is 0 Å². The number of fused-ring (bicyclic) bond motifs is 4. The van der Waals surface area contributed by atoms with Crippen LogP contribution in [0.5, 0.6) is 0 Å². The molecule has 0 spiro atoms. The molecule has 2 saturated carbocycles.